The molecule has 0 fully saturated rings. The highest BCUT2D eigenvalue weighted by atomic mass is 35.5. The molecular formula is C20H25ClN4O2. The van der Waals surface area contributed by atoms with Gasteiger partial charge in [-0.05, 0) is 31.0 Å². The smallest absolute Gasteiger partial charge is 0.326 e. The Morgan fingerprint density at radius 2 is 1.93 bits per heavy atom. The number of para-hydroxylation sites is 1. The first-order chi connectivity index (χ1) is 13.1. The predicted octanol–water partition coefficient (Wildman–Crippen LogP) is 3.95. The quantitative estimate of drug-likeness (QED) is 0.382. The number of urea groups is 1. The van der Waals surface area contributed by atoms with Crippen molar-refractivity contribution in [1.29, 1.82) is 0 Å². The largest absolute Gasteiger partial charge is 0.375 e. The van der Waals surface area contributed by atoms with Crippen LogP contribution in [0.15, 0.2) is 53.5 Å². The summed E-state index contributed by atoms with van der Waals surface area (Å²) in [5.41, 5.74) is 2.58. The Kier molecular flexibility index (Phi) is 8.61. The average Bonchev–Trinajstić information content (AvgIpc) is 2.65. The van der Waals surface area contributed by atoms with Crippen LogP contribution in [-0.4, -0.2) is 31.7 Å². The van der Waals surface area contributed by atoms with Gasteiger partial charge in [0.2, 0.25) is 0 Å². The molecule has 2 aromatic rings. The molecule has 2 amide bonds. The van der Waals surface area contributed by atoms with Gasteiger partial charge in [0, 0.05) is 6.54 Å². The molecule has 0 aliphatic rings. The Hall–Kier alpha value is -2.57. The zero-order chi connectivity index (χ0) is 19.5. The molecule has 0 radical (unpaired) electrons. The zero-order valence-electron chi connectivity index (χ0n) is 15.6. The number of amides is 2. The van der Waals surface area contributed by atoms with Gasteiger partial charge in [-0.2, -0.15) is 0 Å². The number of carbonyl (C=O) groups excluding carboxylic acids is 1. The van der Waals surface area contributed by atoms with Crippen LogP contribution in [0.4, 0.5) is 10.5 Å². The van der Waals surface area contributed by atoms with Crippen LogP contribution >= 0.6 is 11.6 Å². The first kappa shape index (κ1) is 20.7. The molecule has 7 heteroatoms. The number of nitrogens with one attached hydrogen (secondary N) is 3. The van der Waals surface area contributed by atoms with Crippen LogP contribution in [0.1, 0.15) is 18.1 Å². The summed E-state index contributed by atoms with van der Waals surface area (Å²) < 4.78 is 5.60. The van der Waals surface area contributed by atoms with Crippen LogP contribution in [0.3, 0.4) is 0 Å². The second kappa shape index (κ2) is 11.2. The van der Waals surface area contributed by atoms with E-state index in [0.29, 0.717) is 43.0 Å². The van der Waals surface area contributed by atoms with Gasteiger partial charge in [0.1, 0.15) is 0 Å². The topological polar surface area (TPSA) is 74.8 Å². The van der Waals surface area contributed by atoms with E-state index in [0.717, 1.165) is 11.1 Å². The maximum absolute atomic E-state index is 12.2. The summed E-state index contributed by atoms with van der Waals surface area (Å²) in [5, 5.41) is 8.97. The molecule has 27 heavy (non-hydrogen) atoms. The Labute approximate surface area is 165 Å². The van der Waals surface area contributed by atoms with E-state index >= 15 is 0 Å². The van der Waals surface area contributed by atoms with Crippen LogP contribution in [0.5, 0.6) is 0 Å². The first-order valence-electron chi connectivity index (χ1n) is 8.83. The van der Waals surface area contributed by atoms with Gasteiger partial charge in [0.05, 0.1) is 30.5 Å². The van der Waals surface area contributed by atoms with Crippen molar-refractivity contribution in [2.45, 2.75) is 20.5 Å². The fourth-order valence-corrected chi connectivity index (χ4v) is 2.60. The normalized spacial score (nSPS) is 11.1. The Bertz CT molecular complexity index is 746. The van der Waals surface area contributed by atoms with E-state index < -0.39 is 6.03 Å². The summed E-state index contributed by atoms with van der Waals surface area (Å²) in [6.07, 6.45) is 0. The van der Waals surface area contributed by atoms with Crippen molar-refractivity contribution in [2.24, 2.45) is 4.99 Å². The molecule has 0 atom stereocenters. The fourth-order valence-electron chi connectivity index (χ4n) is 2.34. The summed E-state index contributed by atoms with van der Waals surface area (Å²) >= 11 is 6.14. The fraction of sp³-hybridized carbons (Fsp3) is 0.300. The second-order valence-electron chi connectivity index (χ2n) is 5.81. The highest BCUT2D eigenvalue weighted by Crippen LogP contribution is 2.24. The number of ether oxygens (including phenoxy) is 1. The third-order valence-electron chi connectivity index (χ3n) is 3.65. The molecule has 0 spiro atoms. The highest BCUT2D eigenvalue weighted by molar-refractivity contribution is 6.34. The monoisotopic (exact) mass is 388 g/mol. The van der Waals surface area contributed by atoms with Crippen molar-refractivity contribution in [1.82, 2.24) is 10.6 Å². The number of hydrogen-bond donors (Lipinski definition) is 3. The number of carbonyl (C=O) groups is 1. The van der Waals surface area contributed by atoms with E-state index in [1.807, 2.05) is 56.3 Å². The SMILES string of the molecule is CCNC(=NCCOCc1ccccc1)NC(=O)Nc1c(C)cccc1Cl. The molecule has 0 bridgehead atoms. The molecule has 0 aromatic heterocycles. The number of rotatable bonds is 7. The number of anilines is 1. The maximum Gasteiger partial charge on any atom is 0.326 e. The van der Waals surface area contributed by atoms with Crippen molar-refractivity contribution in [2.75, 3.05) is 25.0 Å². The van der Waals surface area contributed by atoms with E-state index in [4.69, 9.17) is 16.3 Å². The minimum atomic E-state index is -0.406. The van der Waals surface area contributed by atoms with Gasteiger partial charge in [-0.1, -0.05) is 54.1 Å². The molecule has 0 unspecified atom stereocenters. The lowest BCUT2D eigenvalue weighted by Gasteiger charge is -2.13. The summed E-state index contributed by atoms with van der Waals surface area (Å²) in [7, 11) is 0. The Morgan fingerprint density at radius 1 is 1.15 bits per heavy atom. The lowest BCUT2D eigenvalue weighted by Crippen LogP contribution is -2.43. The van der Waals surface area contributed by atoms with Gasteiger partial charge in [0.15, 0.2) is 5.96 Å². The van der Waals surface area contributed by atoms with Crippen LogP contribution in [-0.2, 0) is 11.3 Å². The molecule has 2 rings (SSSR count). The van der Waals surface area contributed by atoms with Crippen molar-refractivity contribution >= 4 is 29.3 Å². The maximum atomic E-state index is 12.2. The zero-order valence-corrected chi connectivity index (χ0v) is 16.3. The van der Waals surface area contributed by atoms with Crippen molar-refractivity contribution < 1.29 is 9.53 Å². The summed E-state index contributed by atoms with van der Waals surface area (Å²) in [6.45, 7) is 5.86. The molecule has 0 saturated heterocycles. The molecule has 0 aliphatic heterocycles. The molecule has 3 N–H and O–H groups in total. The molecule has 0 heterocycles. The van der Waals surface area contributed by atoms with Crippen LogP contribution < -0.4 is 16.0 Å². The van der Waals surface area contributed by atoms with E-state index in [2.05, 4.69) is 20.9 Å². The van der Waals surface area contributed by atoms with Crippen LogP contribution in [0, 0.1) is 6.92 Å². The van der Waals surface area contributed by atoms with E-state index in [9.17, 15) is 4.79 Å². The predicted molar refractivity (Wildman–Crippen MR) is 110 cm³/mol. The standard InChI is InChI=1S/C20H25ClN4O2/c1-3-22-19(23-12-13-27-14-16-9-5-4-6-10-16)25-20(26)24-18-15(2)8-7-11-17(18)21/h4-11H,3,12-14H2,1-2H3,(H3,22,23,24,25,26). The van der Waals surface area contributed by atoms with Crippen molar-refractivity contribution in [3.63, 3.8) is 0 Å². The number of halogens is 1. The average molecular weight is 389 g/mol. The lowest BCUT2D eigenvalue weighted by molar-refractivity contribution is 0.128. The minimum Gasteiger partial charge on any atom is -0.375 e. The number of hydrogen-bond acceptors (Lipinski definition) is 3. The summed E-state index contributed by atoms with van der Waals surface area (Å²) in [6, 6.07) is 15.0. The third-order valence-corrected chi connectivity index (χ3v) is 3.97. The van der Waals surface area contributed by atoms with Gasteiger partial charge in [-0.25, -0.2) is 4.79 Å². The lowest BCUT2D eigenvalue weighted by atomic mass is 10.2. The molecule has 144 valence electrons. The van der Waals surface area contributed by atoms with Crippen LogP contribution in [0.2, 0.25) is 5.02 Å². The highest BCUT2D eigenvalue weighted by Gasteiger charge is 2.10. The van der Waals surface area contributed by atoms with Gasteiger partial charge < -0.3 is 15.4 Å². The number of benzene rings is 2. The molecular weight excluding hydrogens is 364 g/mol. The Balaban J connectivity index is 1.82. The van der Waals surface area contributed by atoms with Gasteiger partial charge in [-0.15, -0.1) is 0 Å². The van der Waals surface area contributed by atoms with Gasteiger partial charge in [-0.3, -0.25) is 10.3 Å². The van der Waals surface area contributed by atoms with E-state index in [1.165, 1.54) is 0 Å². The Morgan fingerprint density at radius 3 is 2.63 bits per heavy atom. The number of aliphatic imine (C=N–C) groups is 1. The van der Waals surface area contributed by atoms with Gasteiger partial charge >= 0.3 is 6.03 Å². The van der Waals surface area contributed by atoms with E-state index in [1.54, 1.807) is 6.07 Å². The molecule has 0 aliphatic carbocycles. The number of aryl methyl sites for hydroxylation is 1. The number of nitrogens with zero attached hydrogens (tertiary/aromatic N) is 1. The van der Waals surface area contributed by atoms with Crippen molar-refractivity contribution in [3.8, 4) is 0 Å². The van der Waals surface area contributed by atoms with E-state index in [-0.39, 0.29) is 0 Å². The third kappa shape index (κ3) is 7.29. The summed E-state index contributed by atoms with van der Waals surface area (Å²) in [5.74, 6) is 0.392. The number of guanidine groups is 1. The second-order valence-corrected chi connectivity index (χ2v) is 6.22. The first-order valence-corrected chi connectivity index (χ1v) is 9.21. The minimum absolute atomic E-state index is 0.392. The summed E-state index contributed by atoms with van der Waals surface area (Å²) in [4.78, 5) is 16.6. The van der Waals surface area contributed by atoms with Gasteiger partial charge in [0.25, 0.3) is 0 Å². The molecule has 2 aromatic carbocycles. The van der Waals surface area contributed by atoms with Crippen molar-refractivity contribution in [3.05, 3.63) is 64.7 Å². The molecule has 0 saturated carbocycles. The van der Waals surface area contributed by atoms with Crippen LogP contribution in [0.25, 0.3) is 0 Å². The molecule has 6 nitrogen and oxygen atoms in total.